The van der Waals surface area contributed by atoms with E-state index in [2.05, 4.69) is 56.7 Å². The topological polar surface area (TPSA) is 3.88 Å². The zero-order chi connectivity index (χ0) is 23.0. The van der Waals surface area contributed by atoms with Crippen molar-refractivity contribution in [2.75, 3.05) is 0 Å². The minimum Gasteiger partial charge on any atom is -0.192 e. The molecule has 9 rings (SSSR count). The van der Waals surface area contributed by atoms with Gasteiger partial charge in [-0.05, 0) is 129 Å². The third-order valence-electron chi connectivity index (χ3n) is 12.7. The van der Waals surface area contributed by atoms with Crippen LogP contribution < -0.4 is 4.57 Å². The van der Waals surface area contributed by atoms with Gasteiger partial charge in [0.05, 0.1) is 11.0 Å². The van der Waals surface area contributed by atoms with Gasteiger partial charge in [-0.15, -0.1) is 0 Å². The highest BCUT2D eigenvalue weighted by Crippen LogP contribution is 2.60. The highest BCUT2D eigenvalue weighted by molar-refractivity contribution is 5.70. The van der Waals surface area contributed by atoms with Crippen LogP contribution >= 0.6 is 0 Å². The van der Waals surface area contributed by atoms with Gasteiger partial charge in [0, 0.05) is 25.0 Å². The second-order valence-electron chi connectivity index (χ2n) is 13.8. The average Bonchev–Trinajstić information content (AvgIpc) is 3.43. The van der Waals surface area contributed by atoms with Gasteiger partial charge in [0.2, 0.25) is 5.69 Å². The largest absolute Gasteiger partial charge is 0.213 e. The highest BCUT2D eigenvalue weighted by atomic mass is 15.1. The Kier molecular flexibility index (Phi) is 3.97. The summed E-state index contributed by atoms with van der Waals surface area (Å²) in [6.07, 6.45) is 16.7. The van der Waals surface area contributed by atoms with Crippen LogP contribution in [0.3, 0.4) is 0 Å². The molecule has 0 N–H and O–H groups in total. The highest BCUT2D eigenvalue weighted by Gasteiger charge is 2.58. The summed E-state index contributed by atoms with van der Waals surface area (Å²) in [7, 11) is 0. The summed E-state index contributed by atoms with van der Waals surface area (Å²) in [6, 6.07) is 8.24. The summed E-state index contributed by atoms with van der Waals surface area (Å²) in [6.45, 7) is 10.1. The van der Waals surface area contributed by atoms with Crippen LogP contribution in [0.25, 0.3) is 11.3 Å². The molecule has 3 fully saturated rings. The van der Waals surface area contributed by atoms with E-state index < -0.39 is 0 Å². The maximum absolute atomic E-state index is 2.80. The molecule has 1 heteroatoms. The van der Waals surface area contributed by atoms with Gasteiger partial charge in [0.1, 0.15) is 0 Å². The van der Waals surface area contributed by atoms with Gasteiger partial charge in [-0.1, -0.05) is 19.9 Å². The lowest BCUT2D eigenvalue weighted by Gasteiger charge is -2.47. The van der Waals surface area contributed by atoms with Gasteiger partial charge >= 0.3 is 0 Å². The molecule has 178 valence electrons. The first-order valence-electron chi connectivity index (χ1n) is 14.7. The molecule has 6 aliphatic carbocycles. The van der Waals surface area contributed by atoms with Crippen molar-refractivity contribution in [2.24, 2.45) is 11.8 Å². The lowest BCUT2D eigenvalue weighted by Crippen LogP contribution is -2.67. The van der Waals surface area contributed by atoms with Crippen molar-refractivity contribution in [3.05, 3.63) is 52.2 Å². The summed E-state index contributed by atoms with van der Waals surface area (Å²) in [4.78, 5) is 0. The van der Waals surface area contributed by atoms with E-state index in [9.17, 15) is 0 Å². The predicted molar refractivity (Wildman–Crippen MR) is 139 cm³/mol. The second-order valence-corrected chi connectivity index (χ2v) is 13.8. The minimum absolute atomic E-state index is 0.122. The molecule has 34 heavy (non-hydrogen) atoms. The number of nitrogens with zero attached hydrogens (tertiary/aromatic N) is 1. The molecule has 1 aliphatic heterocycles. The van der Waals surface area contributed by atoms with Crippen LogP contribution in [0.5, 0.6) is 0 Å². The van der Waals surface area contributed by atoms with E-state index >= 15 is 0 Å². The van der Waals surface area contributed by atoms with Crippen molar-refractivity contribution in [2.45, 2.75) is 127 Å². The van der Waals surface area contributed by atoms with E-state index in [-0.39, 0.29) is 11.0 Å². The van der Waals surface area contributed by atoms with Crippen molar-refractivity contribution in [1.82, 2.24) is 0 Å². The smallest absolute Gasteiger partial charge is 0.192 e. The molecule has 1 aromatic carbocycles. The predicted octanol–water partition coefficient (Wildman–Crippen LogP) is 8.20. The molecule has 1 nitrogen and oxygen atoms in total. The number of benzene rings is 1. The standard InChI is InChI=1S/C33H42N/c1-5-32(3)30-16-26-24-12-19-9-20(13-24)11-23(10-19)25(26)15-28(30)31-17-27-21-7-8-22(14-21)29(27)18-34(31)33(32,4)6-2/h15-24H,5-14H2,1-4H3/q+1. The molecule has 1 aromatic heterocycles. The Hall–Kier alpha value is -1.63. The zero-order valence-corrected chi connectivity index (χ0v) is 21.8. The van der Waals surface area contributed by atoms with Gasteiger partial charge in [-0.2, -0.15) is 4.57 Å². The van der Waals surface area contributed by atoms with Crippen LogP contribution in [0.15, 0.2) is 24.4 Å². The van der Waals surface area contributed by atoms with Crippen LogP contribution in [0.2, 0.25) is 0 Å². The van der Waals surface area contributed by atoms with Gasteiger partial charge in [-0.3, -0.25) is 0 Å². The van der Waals surface area contributed by atoms with Crippen molar-refractivity contribution in [3.63, 3.8) is 0 Å². The Bertz CT molecular complexity index is 1210. The Balaban J connectivity index is 1.42. The molecule has 6 atom stereocenters. The summed E-state index contributed by atoms with van der Waals surface area (Å²) >= 11 is 0. The minimum atomic E-state index is 0.122. The van der Waals surface area contributed by atoms with Crippen molar-refractivity contribution < 1.29 is 4.57 Å². The molecule has 0 amide bonds. The lowest BCUT2D eigenvalue weighted by molar-refractivity contribution is -0.765. The van der Waals surface area contributed by atoms with E-state index in [1.807, 2.05) is 0 Å². The fourth-order valence-corrected chi connectivity index (χ4v) is 10.5. The molecule has 6 unspecified atom stereocenters. The number of rotatable bonds is 2. The first-order chi connectivity index (χ1) is 16.4. The number of fused-ring (bicyclic) bond motifs is 8. The molecule has 2 heterocycles. The van der Waals surface area contributed by atoms with Crippen LogP contribution in [0, 0.1) is 11.8 Å². The van der Waals surface area contributed by atoms with E-state index in [0.717, 1.165) is 35.5 Å². The summed E-state index contributed by atoms with van der Waals surface area (Å²) < 4.78 is 2.80. The Labute approximate surface area is 206 Å². The van der Waals surface area contributed by atoms with E-state index in [1.165, 1.54) is 64.2 Å². The van der Waals surface area contributed by atoms with Crippen LogP contribution in [0.4, 0.5) is 0 Å². The van der Waals surface area contributed by atoms with Gasteiger partial charge in [0.25, 0.3) is 0 Å². The number of aromatic nitrogens is 1. The molecule has 6 bridgehead atoms. The summed E-state index contributed by atoms with van der Waals surface area (Å²) in [5.74, 6) is 5.29. The van der Waals surface area contributed by atoms with Gasteiger partial charge in [-0.25, -0.2) is 0 Å². The van der Waals surface area contributed by atoms with E-state index in [1.54, 1.807) is 39.1 Å². The fraction of sp³-hybridized carbons (Fsp3) is 0.667. The maximum Gasteiger partial charge on any atom is 0.213 e. The van der Waals surface area contributed by atoms with E-state index in [4.69, 9.17) is 0 Å². The van der Waals surface area contributed by atoms with Crippen LogP contribution in [-0.4, -0.2) is 0 Å². The number of hydrogen-bond donors (Lipinski definition) is 0. The monoisotopic (exact) mass is 452 g/mol. The number of pyridine rings is 1. The van der Waals surface area contributed by atoms with Crippen molar-refractivity contribution in [3.8, 4) is 11.3 Å². The molecule has 0 radical (unpaired) electrons. The van der Waals surface area contributed by atoms with Crippen LogP contribution in [0.1, 0.15) is 143 Å². The van der Waals surface area contributed by atoms with Gasteiger partial charge < -0.3 is 0 Å². The third-order valence-corrected chi connectivity index (χ3v) is 12.7. The Morgan fingerprint density at radius 2 is 1.32 bits per heavy atom. The third kappa shape index (κ3) is 2.32. The SMILES string of the molecule is CCC1(C)c2cc3c(cc2-c2cc4c(c[n+]2C1(C)CC)C1CCC4C1)C1CC2CC(C1)CC3C2. The Morgan fingerprint density at radius 3 is 1.97 bits per heavy atom. The molecule has 0 spiro atoms. The molecule has 2 aromatic rings. The Morgan fingerprint density at radius 1 is 0.706 bits per heavy atom. The van der Waals surface area contributed by atoms with E-state index in [0.29, 0.717) is 0 Å². The lowest BCUT2D eigenvalue weighted by atomic mass is 9.59. The molecular formula is C33H42N+. The maximum atomic E-state index is 2.80. The van der Waals surface area contributed by atoms with Crippen molar-refractivity contribution >= 4 is 0 Å². The zero-order valence-electron chi connectivity index (χ0n) is 21.8. The van der Waals surface area contributed by atoms with Crippen molar-refractivity contribution in [1.29, 1.82) is 0 Å². The molecule has 0 saturated heterocycles. The fourth-order valence-electron chi connectivity index (χ4n) is 10.5. The molecule has 3 saturated carbocycles. The summed E-state index contributed by atoms with van der Waals surface area (Å²) in [5, 5.41) is 0. The molecule has 7 aliphatic rings. The molecular weight excluding hydrogens is 410 g/mol. The normalized spacial score (nSPS) is 42.2. The second kappa shape index (κ2) is 6.57. The first-order valence-corrected chi connectivity index (χ1v) is 14.7. The van der Waals surface area contributed by atoms with Gasteiger partial charge in [0.15, 0.2) is 11.7 Å². The summed E-state index contributed by atoms with van der Waals surface area (Å²) in [5.41, 5.74) is 12.1. The quantitative estimate of drug-likeness (QED) is 0.404. The first kappa shape index (κ1) is 20.6. The number of hydrogen-bond acceptors (Lipinski definition) is 0. The van der Waals surface area contributed by atoms with Crippen LogP contribution in [-0.2, 0) is 11.0 Å². The average molecular weight is 453 g/mol.